The fraction of sp³-hybridized carbons (Fsp3) is 0.214. The molecule has 94 valence electrons. The van der Waals surface area contributed by atoms with E-state index in [9.17, 15) is 4.79 Å². The van der Waals surface area contributed by atoms with E-state index in [1.165, 1.54) is 10.4 Å². The Morgan fingerprint density at radius 1 is 1.33 bits per heavy atom. The zero-order valence-corrected chi connectivity index (χ0v) is 11.0. The molecule has 1 atom stereocenters. The van der Waals surface area contributed by atoms with Gasteiger partial charge in [-0.05, 0) is 23.9 Å². The Labute approximate surface area is 111 Å². The summed E-state index contributed by atoms with van der Waals surface area (Å²) in [5.74, 6) is -0.351. The minimum Gasteiger partial charge on any atom is -0.368 e. The lowest BCUT2D eigenvalue weighted by molar-refractivity contribution is -0.120. The fourth-order valence-corrected chi connectivity index (χ4v) is 2.41. The molecule has 0 aliphatic heterocycles. The molecule has 0 aliphatic rings. The summed E-state index contributed by atoms with van der Waals surface area (Å²) in [5, 5.41) is 5.21. The molecule has 0 aliphatic carbocycles. The quantitative estimate of drug-likeness (QED) is 0.867. The van der Waals surface area contributed by atoms with E-state index in [0.29, 0.717) is 6.54 Å². The predicted molar refractivity (Wildman–Crippen MR) is 74.3 cm³/mol. The van der Waals surface area contributed by atoms with E-state index in [1.54, 1.807) is 11.3 Å². The largest absolute Gasteiger partial charge is 0.368 e. The Hall–Kier alpha value is -1.65. The molecule has 3 nitrogen and oxygen atoms in total. The number of benzene rings is 1. The summed E-state index contributed by atoms with van der Waals surface area (Å²) in [6, 6.07) is 11.4. The van der Waals surface area contributed by atoms with Gasteiger partial charge in [0, 0.05) is 11.4 Å². The lowest BCUT2D eigenvalue weighted by Gasteiger charge is -2.15. The molecule has 3 N–H and O–H groups in total. The van der Waals surface area contributed by atoms with Gasteiger partial charge in [-0.1, -0.05) is 35.9 Å². The normalized spacial score (nSPS) is 12.3. The second-order valence-electron chi connectivity index (χ2n) is 4.21. The first-order chi connectivity index (χ1) is 8.66. The molecule has 0 fully saturated rings. The van der Waals surface area contributed by atoms with Crippen molar-refractivity contribution in [2.45, 2.75) is 19.5 Å². The summed E-state index contributed by atoms with van der Waals surface area (Å²) in [4.78, 5) is 12.7. The number of nitrogens with two attached hydrogens (primary N) is 1. The Balaban J connectivity index is 2.08. The van der Waals surface area contributed by atoms with Crippen molar-refractivity contribution in [1.29, 1.82) is 0 Å². The maximum absolute atomic E-state index is 11.5. The molecule has 0 radical (unpaired) electrons. The van der Waals surface area contributed by atoms with Gasteiger partial charge in [0.05, 0.1) is 0 Å². The Morgan fingerprint density at radius 3 is 2.61 bits per heavy atom. The predicted octanol–water partition coefficient (Wildman–Crippen LogP) is 2.37. The standard InChI is InChI=1S/C14H16N2OS/c1-10-4-6-11(7-5-10)13(14(15)17)16-9-12-3-2-8-18-12/h2-8,13,16H,9H2,1H3,(H2,15,17). The second kappa shape index (κ2) is 5.80. The van der Waals surface area contributed by atoms with E-state index in [0.717, 1.165) is 5.56 Å². The van der Waals surface area contributed by atoms with Crippen LogP contribution in [0, 0.1) is 6.92 Å². The summed E-state index contributed by atoms with van der Waals surface area (Å²) in [6.07, 6.45) is 0. The van der Waals surface area contributed by atoms with Crippen LogP contribution in [-0.4, -0.2) is 5.91 Å². The summed E-state index contributed by atoms with van der Waals surface area (Å²) >= 11 is 1.66. The molecule has 1 aromatic heterocycles. The Morgan fingerprint density at radius 2 is 2.06 bits per heavy atom. The van der Waals surface area contributed by atoms with E-state index < -0.39 is 6.04 Å². The van der Waals surface area contributed by atoms with Crippen LogP contribution >= 0.6 is 11.3 Å². The van der Waals surface area contributed by atoms with Gasteiger partial charge in [0.15, 0.2) is 0 Å². The van der Waals surface area contributed by atoms with Crippen molar-refractivity contribution >= 4 is 17.2 Å². The number of rotatable bonds is 5. The number of amides is 1. The van der Waals surface area contributed by atoms with E-state index in [2.05, 4.69) is 5.32 Å². The average molecular weight is 260 g/mol. The van der Waals surface area contributed by atoms with Crippen LogP contribution in [0.25, 0.3) is 0 Å². The molecule has 4 heteroatoms. The monoisotopic (exact) mass is 260 g/mol. The van der Waals surface area contributed by atoms with E-state index in [1.807, 2.05) is 48.7 Å². The van der Waals surface area contributed by atoms with Crippen molar-refractivity contribution in [3.05, 3.63) is 57.8 Å². The van der Waals surface area contributed by atoms with Gasteiger partial charge >= 0.3 is 0 Å². The molecule has 1 heterocycles. The molecule has 0 bridgehead atoms. The molecule has 0 saturated carbocycles. The van der Waals surface area contributed by atoms with Crippen LogP contribution < -0.4 is 11.1 Å². The minimum absolute atomic E-state index is 0.351. The van der Waals surface area contributed by atoms with Crippen LogP contribution in [0.15, 0.2) is 41.8 Å². The molecule has 1 unspecified atom stereocenters. The van der Waals surface area contributed by atoms with Crippen molar-refractivity contribution < 1.29 is 4.79 Å². The maximum atomic E-state index is 11.5. The first-order valence-electron chi connectivity index (χ1n) is 5.78. The average Bonchev–Trinajstić information content (AvgIpc) is 2.84. The Bertz CT molecular complexity index is 505. The van der Waals surface area contributed by atoms with E-state index in [-0.39, 0.29) is 5.91 Å². The third kappa shape index (κ3) is 3.18. The summed E-state index contributed by atoms with van der Waals surface area (Å²) in [7, 11) is 0. The zero-order valence-electron chi connectivity index (χ0n) is 10.2. The molecular weight excluding hydrogens is 244 g/mol. The number of aryl methyl sites for hydroxylation is 1. The van der Waals surface area contributed by atoms with Gasteiger partial charge in [-0.25, -0.2) is 0 Å². The molecule has 18 heavy (non-hydrogen) atoms. The topological polar surface area (TPSA) is 55.1 Å². The lowest BCUT2D eigenvalue weighted by Crippen LogP contribution is -2.33. The highest BCUT2D eigenvalue weighted by Crippen LogP contribution is 2.16. The highest BCUT2D eigenvalue weighted by Gasteiger charge is 2.16. The van der Waals surface area contributed by atoms with Gasteiger partial charge in [-0.2, -0.15) is 0 Å². The molecule has 1 aromatic carbocycles. The molecule has 0 saturated heterocycles. The van der Waals surface area contributed by atoms with Crippen molar-refractivity contribution in [2.75, 3.05) is 0 Å². The highest BCUT2D eigenvalue weighted by atomic mass is 32.1. The molecular formula is C14H16N2OS. The van der Waals surface area contributed by atoms with Crippen LogP contribution in [0.3, 0.4) is 0 Å². The van der Waals surface area contributed by atoms with Crippen LogP contribution in [0.2, 0.25) is 0 Å². The SMILES string of the molecule is Cc1ccc(C(NCc2cccs2)C(N)=O)cc1. The number of primary amides is 1. The zero-order chi connectivity index (χ0) is 13.0. The Kier molecular flexibility index (Phi) is 4.12. The van der Waals surface area contributed by atoms with Crippen LogP contribution in [0.4, 0.5) is 0 Å². The number of nitrogens with one attached hydrogen (secondary N) is 1. The van der Waals surface area contributed by atoms with Crippen LogP contribution in [-0.2, 0) is 11.3 Å². The number of hydrogen-bond acceptors (Lipinski definition) is 3. The van der Waals surface area contributed by atoms with Gasteiger partial charge in [0.2, 0.25) is 5.91 Å². The number of thiophene rings is 1. The van der Waals surface area contributed by atoms with Gasteiger partial charge in [0.25, 0.3) is 0 Å². The van der Waals surface area contributed by atoms with Crippen LogP contribution in [0.5, 0.6) is 0 Å². The van der Waals surface area contributed by atoms with Gasteiger partial charge in [0.1, 0.15) is 6.04 Å². The second-order valence-corrected chi connectivity index (χ2v) is 5.24. The number of hydrogen-bond donors (Lipinski definition) is 2. The summed E-state index contributed by atoms with van der Waals surface area (Å²) in [6.45, 7) is 2.67. The smallest absolute Gasteiger partial charge is 0.239 e. The summed E-state index contributed by atoms with van der Waals surface area (Å²) < 4.78 is 0. The van der Waals surface area contributed by atoms with Crippen molar-refractivity contribution in [3.63, 3.8) is 0 Å². The third-order valence-corrected chi connectivity index (χ3v) is 3.63. The van der Waals surface area contributed by atoms with Crippen LogP contribution in [0.1, 0.15) is 22.0 Å². The van der Waals surface area contributed by atoms with Gasteiger partial charge < -0.3 is 5.73 Å². The van der Waals surface area contributed by atoms with Gasteiger partial charge in [-0.15, -0.1) is 11.3 Å². The summed E-state index contributed by atoms with van der Waals surface area (Å²) in [5.41, 5.74) is 7.52. The van der Waals surface area contributed by atoms with Gasteiger partial charge in [-0.3, -0.25) is 10.1 Å². The minimum atomic E-state index is -0.437. The first kappa shape index (κ1) is 12.8. The van der Waals surface area contributed by atoms with E-state index >= 15 is 0 Å². The van der Waals surface area contributed by atoms with Crippen molar-refractivity contribution in [3.8, 4) is 0 Å². The van der Waals surface area contributed by atoms with E-state index in [4.69, 9.17) is 5.73 Å². The number of carbonyl (C=O) groups is 1. The first-order valence-corrected chi connectivity index (χ1v) is 6.66. The lowest BCUT2D eigenvalue weighted by atomic mass is 10.0. The molecule has 2 aromatic rings. The molecule has 0 spiro atoms. The third-order valence-electron chi connectivity index (χ3n) is 2.76. The molecule has 1 amide bonds. The fourth-order valence-electron chi connectivity index (χ4n) is 1.76. The highest BCUT2D eigenvalue weighted by molar-refractivity contribution is 7.09. The van der Waals surface area contributed by atoms with Crippen molar-refractivity contribution in [1.82, 2.24) is 5.32 Å². The van der Waals surface area contributed by atoms with Crippen molar-refractivity contribution in [2.24, 2.45) is 5.73 Å². The number of carbonyl (C=O) groups excluding carboxylic acids is 1. The maximum Gasteiger partial charge on any atom is 0.239 e. The molecule has 2 rings (SSSR count).